The van der Waals surface area contributed by atoms with E-state index < -0.39 is 17.4 Å². The third-order valence-electron chi connectivity index (χ3n) is 4.20. The number of fused-ring (bicyclic) bond motifs is 1. The molecule has 0 radical (unpaired) electrons. The lowest BCUT2D eigenvalue weighted by molar-refractivity contribution is -0.113. The number of aromatic nitrogens is 1. The molecule has 2 aromatic carbocycles. The molecule has 0 saturated heterocycles. The predicted molar refractivity (Wildman–Crippen MR) is 113 cm³/mol. The Morgan fingerprint density at radius 3 is 2.30 bits per heavy atom. The van der Waals surface area contributed by atoms with E-state index in [2.05, 4.69) is 15.0 Å². The summed E-state index contributed by atoms with van der Waals surface area (Å²) >= 11 is 1.02. The molecule has 0 bridgehead atoms. The van der Waals surface area contributed by atoms with Crippen molar-refractivity contribution in [1.82, 2.24) is 4.98 Å². The van der Waals surface area contributed by atoms with Crippen molar-refractivity contribution in [3.05, 3.63) is 69.9 Å². The molecule has 2 N–H and O–H groups in total. The number of pyridine rings is 1. The van der Waals surface area contributed by atoms with Crippen LogP contribution in [0.5, 0.6) is 0 Å². The van der Waals surface area contributed by atoms with E-state index in [-0.39, 0.29) is 22.2 Å². The molecule has 0 fully saturated rings. The van der Waals surface area contributed by atoms with E-state index in [1.165, 1.54) is 26.4 Å². The van der Waals surface area contributed by atoms with Crippen molar-refractivity contribution in [3.8, 4) is 0 Å². The van der Waals surface area contributed by atoms with Crippen LogP contribution in [0.25, 0.3) is 10.9 Å². The van der Waals surface area contributed by atoms with Crippen LogP contribution in [-0.2, 0) is 14.3 Å². The van der Waals surface area contributed by atoms with Gasteiger partial charge in [-0.1, -0.05) is 23.9 Å². The third kappa shape index (κ3) is 4.52. The number of rotatable bonds is 6. The SMILES string of the molecule is COC(=O)c1ccc(NC(=O)CSc2[nH]c3ccccc3c(=O)c2C(=O)OC)cc1. The molecule has 1 aromatic heterocycles. The number of methoxy groups -OCH3 is 2. The number of esters is 2. The highest BCUT2D eigenvalue weighted by Crippen LogP contribution is 2.22. The number of ether oxygens (including phenoxy) is 2. The summed E-state index contributed by atoms with van der Waals surface area (Å²) in [6, 6.07) is 13.0. The van der Waals surface area contributed by atoms with Crippen molar-refractivity contribution in [2.45, 2.75) is 5.03 Å². The first-order chi connectivity index (χ1) is 14.4. The van der Waals surface area contributed by atoms with Gasteiger partial charge in [0.15, 0.2) is 0 Å². The number of aromatic amines is 1. The van der Waals surface area contributed by atoms with Crippen molar-refractivity contribution >= 4 is 46.2 Å². The first-order valence-corrected chi connectivity index (χ1v) is 9.77. The molecule has 3 rings (SSSR count). The summed E-state index contributed by atoms with van der Waals surface area (Å²) in [5, 5.41) is 3.30. The van der Waals surface area contributed by atoms with E-state index in [9.17, 15) is 19.2 Å². The Kier molecular flexibility index (Phi) is 6.53. The molecule has 0 unspecified atom stereocenters. The van der Waals surface area contributed by atoms with E-state index >= 15 is 0 Å². The van der Waals surface area contributed by atoms with Crippen LogP contribution in [0, 0.1) is 0 Å². The molecule has 3 aromatic rings. The van der Waals surface area contributed by atoms with Crippen LogP contribution in [-0.4, -0.2) is 42.8 Å². The quantitative estimate of drug-likeness (QED) is 0.460. The van der Waals surface area contributed by atoms with Crippen LogP contribution in [0.2, 0.25) is 0 Å². The minimum absolute atomic E-state index is 0.0585. The zero-order valence-corrected chi connectivity index (χ0v) is 17.0. The topological polar surface area (TPSA) is 115 Å². The zero-order valence-electron chi connectivity index (χ0n) is 16.2. The lowest BCUT2D eigenvalue weighted by atomic mass is 10.1. The molecular formula is C21H18N2O6S. The summed E-state index contributed by atoms with van der Waals surface area (Å²) in [7, 11) is 2.48. The normalized spacial score (nSPS) is 10.5. The summed E-state index contributed by atoms with van der Waals surface area (Å²) in [4.78, 5) is 51.7. The van der Waals surface area contributed by atoms with Gasteiger partial charge in [-0.2, -0.15) is 0 Å². The van der Waals surface area contributed by atoms with Crippen molar-refractivity contribution < 1.29 is 23.9 Å². The Labute approximate surface area is 175 Å². The summed E-state index contributed by atoms with van der Waals surface area (Å²) in [5.41, 5.74) is 0.806. The number of para-hydroxylation sites is 1. The molecule has 0 aliphatic carbocycles. The molecule has 0 saturated carbocycles. The zero-order chi connectivity index (χ0) is 21.7. The van der Waals surface area contributed by atoms with Crippen LogP contribution in [0.15, 0.2) is 58.4 Å². The second-order valence-electron chi connectivity index (χ2n) is 6.10. The highest BCUT2D eigenvalue weighted by atomic mass is 32.2. The number of H-pyrrole nitrogens is 1. The monoisotopic (exact) mass is 426 g/mol. The molecule has 0 spiro atoms. The Morgan fingerprint density at radius 2 is 1.63 bits per heavy atom. The fourth-order valence-corrected chi connectivity index (χ4v) is 3.60. The third-order valence-corrected chi connectivity index (χ3v) is 5.20. The average Bonchev–Trinajstić information content (AvgIpc) is 2.77. The van der Waals surface area contributed by atoms with E-state index in [0.29, 0.717) is 22.2 Å². The Morgan fingerprint density at radius 1 is 0.967 bits per heavy atom. The van der Waals surface area contributed by atoms with Crippen LogP contribution in [0.3, 0.4) is 0 Å². The number of hydrogen-bond donors (Lipinski definition) is 2. The van der Waals surface area contributed by atoms with E-state index in [4.69, 9.17) is 4.74 Å². The fraction of sp³-hybridized carbons (Fsp3) is 0.143. The maximum Gasteiger partial charge on any atom is 0.344 e. The smallest absolute Gasteiger partial charge is 0.344 e. The van der Waals surface area contributed by atoms with Gasteiger partial charge in [-0.15, -0.1) is 0 Å². The lowest BCUT2D eigenvalue weighted by Crippen LogP contribution is -2.20. The van der Waals surface area contributed by atoms with Crippen LogP contribution >= 0.6 is 11.8 Å². The lowest BCUT2D eigenvalue weighted by Gasteiger charge is -2.10. The highest BCUT2D eigenvalue weighted by molar-refractivity contribution is 8.00. The summed E-state index contributed by atoms with van der Waals surface area (Å²) in [6.45, 7) is 0. The maximum atomic E-state index is 12.7. The number of thioether (sulfide) groups is 1. The van der Waals surface area contributed by atoms with Crippen molar-refractivity contribution in [2.24, 2.45) is 0 Å². The van der Waals surface area contributed by atoms with Gasteiger partial charge in [0.2, 0.25) is 11.3 Å². The molecule has 9 heteroatoms. The van der Waals surface area contributed by atoms with Gasteiger partial charge in [0.05, 0.1) is 36.1 Å². The van der Waals surface area contributed by atoms with Gasteiger partial charge >= 0.3 is 11.9 Å². The Bertz CT molecular complexity index is 1170. The second-order valence-corrected chi connectivity index (χ2v) is 7.09. The molecule has 0 atom stereocenters. The first kappa shape index (κ1) is 21.1. The summed E-state index contributed by atoms with van der Waals surface area (Å²) in [6.07, 6.45) is 0. The number of carbonyl (C=O) groups is 3. The summed E-state index contributed by atoms with van der Waals surface area (Å²) < 4.78 is 9.37. The molecule has 154 valence electrons. The highest BCUT2D eigenvalue weighted by Gasteiger charge is 2.20. The van der Waals surface area contributed by atoms with Crippen molar-refractivity contribution in [2.75, 3.05) is 25.3 Å². The second kappa shape index (κ2) is 9.27. The van der Waals surface area contributed by atoms with Gasteiger partial charge in [-0.05, 0) is 36.4 Å². The molecule has 1 amide bonds. The Balaban J connectivity index is 1.77. The van der Waals surface area contributed by atoms with Gasteiger partial charge in [-0.3, -0.25) is 9.59 Å². The largest absolute Gasteiger partial charge is 0.465 e. The first-order valence-electron chi connectivity index (χ1n) is 8.79. The number of nitrogens with one attached hydrogen (secondary N) is 2. The van der Waals surface area contributed by atoms with Gasteiger partial charge in [0.25, 0.3) is 0 Å². The number of hydrogen-bond acceptors (Lipinski definition) is 7. The summed E-state index contributed by atoms with van der Waals surface area (Å²) in [5.74, 6) is -1.66. The van der Waals surface area contributed by atoms with Crippen molar-refractivity contribution in [3.63, 3.8) is 0 Å². The van der Waals surface area contributed by atoms with E-state index in [1.54, 1.807) is 36.4 Å². The van der Waals surface area contributed by atoms with E-state index in [1.807, 2.05) is 0 Å². The fourth-order valence-electron chi connectivity index (χ4n) is 2.75. The van der Waals surface area contributed by atoms with Gasteiger partial charge in [0, 0.05) is 11.1 Å². The number of carbonyl (C=O) groups excluding carboxylic acids is 3. The molecular weight excluding hydrogens is 408 g/mol. The molecule has 0 aliphatic rings. The van der Waals surface area contributed by atoms with Crippen LogP contribution < -0.4 is 10.7 Å². The molecule has 30 heavy (non-hydrogen) atoms. The number of benzene rings is 2. The van der Waals surface area contributed by atoms with Gasteiger partial charge in [0.1, 0.15) is 5.56 Å². The molecule has 0 aliphatic heterocycles. The van der Waals surface area contributed by atoms with Gasteiger partial charge in [-0.25, -0.2) is 9.59 Å². The maximum absolute atomic E-state index is 12.7. The Hall–Kier alpha value is -3.59. The standard InChI is InChI=1S/C21H18N2O6S/c1-28-20(26)12-7-9-13(10-8-12)22-16(24)11-30-19-17(21(27)29-2)18(25)14-5-3-4-6-15(14)23-19/h3-10H,11H2,1-2H3,(H,22,24)(H,23,25). The van der Waals surface area contributed by atoms with Crippen LogP contribution in [0.4, 0.5) is 5.69 Å². The predicted octanol–water partition coefficient (Wildman–Crippen LogP) is 2.83. The van der Waals surface area contributed by atoms with Gasteiger partial charge < -0.3 is 19.8 Å². The number of amides is 1. The minimum atomic E-state index is -0.775. The minimum Gasteiger partial charge on any atom is -0.465 e. The van der Waals surface area contributed by atoms with Crippen LogP contribution in [0.1, 0.15) is 20.7 Å². The van der Waals surface area contributed by atoms with E-state index in [0.717, 1.165) is 11.8 Å². The number of anilines is 1. The molecule has 1 heterocycles. The van der Waals surface area contributed by atoms with Crippen molar-refractivity contribution in [1.29, 1.82) is 0 Å². The average molecular weight is 426 g/mol. The molecule has 8 nitrogen and oxygen atoms in total.